The summed E-state index contributed by atoms with van der Waals surface area (Å²) in [6, 6.07) is 0. The highest BCUT2D eigenvalue weighted by Crippen LogP contribution is 2.05. The minimum Gasteiger partial charge on any atom is -0.446 e. The summed E-state index contributed by atoms with van der Waals surface area (Å²) in [7, 11) is 0. The van der Waals surface area contributed by atoms with Crippen molar-refractivity contribution in [1.82, 2.24) is 4.98 Å². The number of aliphatic hydroxyl groups excluding tert-OH is 1. The molecule has 0 spiro atoms. The van der Waals surface area contributed by atoms with E-state index < -0.39 is 0 Å². The second-order valence-corrected chi connectivity index (χ2v) is 2.59. The van der Waals surface area contributed by atoms with Crippen molar-refractivity contribution in [2.24, 2.45) is 5.73 Å². The number of oxazole rings is 1. The second kappa shape index (κ2) is 4.90. The quantitative estimate of drug-likeness (QED) is 0.657. The second-order valence-electron chi connectivity index (χ2n) is 2.59. The summed E-state index contributed by atoms with van der Waals surface area (Å²) < 4.78 is 5.32. The molecule has 0 saturated carbocycles. The van der Waals surface area contributed by atoms with Gasteiger partial charge in [-0.25, -0.2) is 4.98 Å². The molecule has 0 unspecified atom stereocenters. The zero-order chi connectivity index (χ0) is 8.81. The largest absolute Gasteiger partial charge is 0.446 e. The minimum atomic E-state index is 0.175. The van der Waals surface area contributed by atoms with Gasteiger partial charge in [0.1, 0.15) is 5.76 Å². The zero-order valence-corrected chi connectivity index (χ0v) is 6.99. The standard InChI is InChI=1S/C8H14N2O2/c9-4-3-7-6-10-8(12-7)2-1-5-11/h6,11H,1-5,9H2. The lowest BCUT2D eigenvalue weighted by Gasteiger charge is -1.91. The highest BCUT2D eigenvalue weighted by atomic mass is 16.4. The van der Waals surface area contributed by atoms with Gasteiger partial charge < -0.3 is 15.3 Å². The first-order chi connectivity index (χ1) is 5.86. The van der Waals surface area contributed by atoms with Crippen molar-refractivity contribution in [3.8, 4) is 0 Å². The van der Waals surface area contributed by atoms with Crippen LogP contribution in [0.25, 0.3) is 0 Å². The third-order valence-electron chi connectivity index (χ3n) is 1.54. The van der Waals surface area contributed by atoms with Crippen LogP contribution in [0.3, 0.4) is 0 Å². The van der Waals surface area contributed by atoms with Crippen LogP contribution in [0.1, 0.15) is 18.1 Å². The SMILES string of the molecule is NCCc1cnc(CCCO)o1. The fourth-order valence-electron chi connectivity index (χ4n) is 0.952. The van der Waals surface area contributed by atoms with Gasteiger partial charge in [0, 0.05) is 19.4 Å². The number of aryl methyl sites for hydroxylation is 1. The van der Waals surface area contributed by atoms with E-state index in [1.807, 2.05) is 0 Å². The number of nitrogens with two attached hydrogens (primary N) is 1. The van der Waals surface area contributed by atoms with Gasteiger partial charge in [0.15, 0.2) is 5.89 Å². The number of hydrogen-bond acceptors (Lipinski definition) is 4. The molecule has 0 aliphatic heterocycles. The molecule has 0 saturated heterocycles. The number of rotatable bonds is 5. The third-order valence-corrected chi connectivity index (χ3v) is 1.54. The Hall–Kier alpha value is -0.870. The van der Waals surface area contributed by atoms with Crippen LogP contribution in [0.5, 0.6) is 0 Å². The Kier molecular flexibility index (Phi) is 3.76. The van der Waals surface area contributed by atoms with Gasteiger partial charge in [-0.15, -0.1) is 0 Å². The topological polar surface area (TPSA) is 72.3 Å². The summed E-state index contributed by atoms with van der Waals surface area (Å²) in [4.78, 5) is 4.04. The Morgan fingerprint density at radius 2 is 2.33 bits per heavy atom. The van der Waals surface area contributed by atoms with Gasteiger partial charge in [-0.05, 0) is 13.0 Å². The van der Waals surface area contributed by atoms with E-state index in [1.54, 1.807) is 6.20 Å². The highest BCUT2D eigenvalue weighted by Gasteiger charge is 2.01. The molecule has 12 heavy (non-hydrogen) atoms. The maximum Gasteiger partial charge on any atom is 0.194 e. The van der Waals surface area contributed by atoms with Crippen molar-refractivity contribution in [2.45, 2.75) is 19.3 Å². The first kappa shape index (κ1) is 9.22. The van der Waals surface area contributed by atoms with Crippen LogP contribution in [0.2, 0.25) is 0 Å². The molecule has 0 radical (unpaired) electrons. The molecule has 1 aromatic heterocycles. The Bertz CT molecular complexity index is 223. The van der Waals surface area contributed by atoms with Crippen molar-refractivity contribution >= 4 is 0 Å². The van der Waals surface area contributed by atoms with Crippen molar-refractivity contribution in [3.05, 3.63) is 17.8 Å². The maximum atomic E-state index is 8.55. The summed E-state index contributed by atoms with van der Waals surface area (Å²) in [5, 5.41) is 8.55. The lowest BCUT2D eigenvalue weighted by Crippen LogP contribution is -2.01. The molecule has 0 atom stereocenters. The van der Waals surface area contributed by atoms with Gasteiger partial charge >= 0.3 is 0 Å². The summed E-state index contributed by atoms with van der Waals surface area (Å²) >= 11 is 0. The molecule has 4 heteroatoms. The number of aliphatic hydroxyl groups is 1. The Morgan fingerprint density at radius 3 is 3.00 bits per heavy atom. The first-order valence-corrected chi connectivity index (χ1v) is 4.11. The van der Waals surface area contributed by atoms with Crippen LogP contribution in [0.4, 0.5) is 0 Å². The predicted molar refractivity (Wildman–Crippen MR) is 44.7 cm³/mol. The number of hydrogen-bond donors (Lipinski definition) is 2. The molecular weight excluding hydrogens is 156 g/mol. The molecule has 1 heterocycles. The predicted octanol–water partition coefficient (Wildman–Crippen LogP) is 0.101. The van der Waals surface area contributed by atoms with Crippen LogP contribution in [0, 0.1) is 0 Å². The van der Waals surface area contributed by atoms with Crippen molar-refractivity contribution in [2.75, 3.05) is 13.2 Å². The molecule has 1 aromatic rings. The van der Waals surface area contributed by atoms with Crippen LogP contribution in [-0.2, 0) is 12.8 Å². The molecule has 0 bridgehead atoms. The van der Waals surface area contributed by atoms with Gasteiger partial charge in [0.2, 0.25) is 0 Å². The normalized spacial score (nSPS) is 10.5. The van der Waals surface area contributed by atoms with Crippen LogP contribution in [-0.4, -0.2) is 23.2 Å². The fraction of sp³-hybridized carbons (Fsp3) is 0.625. The van der Waals surface area contributed by atoms with E-state index in [2.05, 4.69) is 4.98 Å². The highest BCUT2D eigenvalue weighted by molar-refractivity contribution is 4.94. The minimum absolute atomic E-state index is 0.175. The summed E-state index contributed by atoms with van der Waals surface area (Å²) in [6.45, 7) is 0.753. The van der Waals surface area contributed by atoms with Gasteiger partial charge in [-0.1, -0.05) is 0 Å². The van der Waals surface area contributed by atoms with Gasteiger partial charge in [-0.2, -0.15) is 0 Å². The lowest BCUT2D eigenvalue weighted by molar-refractivity contribution is 0.282. The maximum absolute atomic E-state index is 8.55. The molecule has 0 fully saturated rings. The van der Waals surface area contributed by atoms with Crippen molar-refractivity contribution < 1.29 is 9.52 Å². The molecule has 0 aliphatic carbocycles. The Morgan fingerprint density at radius 1 is 1.50 bits per heavy atom. The molecule has 0 amide bonds. The average Bonchev–Trinajstić information content (AvgIpc) is 2.50. The van der Waals surface area contributed by atoms with Gasteiger partial charge in [0.05, 0.1) is 6.20 Å². The molecule has 4 nitrogen and oxygen atoms in total. The molecule has 0 aromatic carbocycles. The molecule has 3 N–H and O–H groups in total. The Balaban J connectivity index is 2.41. The monoisotopic (exact) mass is 170 g/mol. The van der Waals surface area contributed by atoms with E-state index in [1.165, 1.54) is 0 Å². The van der Waals surface area contributed by atoms with E-state index in [0.29, 0.717) is 25.3 Å². The van der Waals surface area contributed by atoms with Crippen molar-refractivity contribution in [3.63, 3.8) is 0 Å². The van der Waals surface area contributed by atoms with Crippen LogP contribution in [0.15, 0.2) is 10.6 Å². The van der Waals surface area contributed by atoms with E-state index in [4.69, 9.17) is 15.3 Å². The van der Waals surface area contributed by atoms with E-state index >= 15 is 0 Å². The Labute approximate surface area is 71.4 Å². The molecule has 1 rings (SSSR count). The first-order valence-electron chi connectivity index (χ1n) is 4.11. The third kappa shape index (κ3) is 2.64. The number of nitrogens with zero attached hydrogens (tertiary/aromatic N) is 1. The molecule has 68 valence electrons. The van der Waals surface area contributed by atoms with Gasteiger partial charge in [-0.3, -0.25) is 0 Å². The van der Waals surface area contributed by atoms with E-state index in [-0.39, 0.29) is 6.61 Å². The average molecular weight is 170 g/mol. The van der Waals surface area contributed by atoms with Gasteiger partial charge in [0.25, 0.3) is 0 Å². The summed E-state index contributed by atoms with van der Waals surface area (Å²) in [5.41, 5.74) is 5.34. The lowest BCUT2D eigenvalue weighted by atomic mass is 10.3. The molecular formula is C8H14N2O2. The number of aromatic nitrogens is 1. The van der Waals surface area contributed by atoms with E-state index in [0.717, 1.165) is 12.2 Å². The van der Waals surface area contributed by atoms with E-state index in [9.17, 15) is 0 Å². The summed E-state index contributed by atoms with van der Waals surface area (Å²) in [6.07, 6.45) is 3.81. The fourth-order valence-corrected chi connectivity index (χ4v) is 0.952. The van der Waals surface area contributed by atoms with Crippen LogP contribution >= 0.6 is 0 Å². The zero-order valence-electron chi connectivity index (χ0n) is 6.99. The summed E-state index contributed by atoms with van der Waals surface area (Å²) in [5.74, 6) is 1.51. The molecule has 0 aliphatic rings. The van der Waals surface area contributed by atoms with Crippen LogP contribution < -0.4 is 5.73 Å². The smallest absolute Gasteiger partial charge is 0.194 e. The van der Waals surface area contributed by atoms with Crippen molar-refractivity contribution in [1.29, 1.82) is 0 Å².